The van der Waals surface area contributed by atoms with Crippen LogP contribution >= 0.6 is 22.7 Å². The molecule has 4 aromatic heterocycles. The van der Waals surface area contributed by atoms with Crippen LogP contribution in [0.1, 0.15) is 62.7 Å². The number of thiazole rings is 1. The maximum absolute atomic E-state index is 12.7. The van der Waals surface area contributed by atoms with Crippen LogP contribution in [0, 0.1) is 5.92 Å². The Morgan fingerprint density at radius 2 is 1.82 bits per heavy atom. The van der Waals surface area contributed by atoms with E-state index in [1.807, 2.05) is 29.9 Å². The number of aryl methyl sites for hydroxylation is 2. The monoisotopic (exact) mass is 621 g/mol. The molecule has 44 heavy (non-hydrogen) atoms. The predicted octanol–water partition coefficient (Wildman–Crippen LogP) is 7.26. The molecule has 9 heteroatoms. The lowest BCUT2D eigenvalue weighted by atomic mass is 9.96. The van der Waals surface area contributed by atoms with Gasteiger partial charge in [0, 0.05) is 35.6 Å². The Labute approximate surface area is 264 Å². The third-order valence-electron chi connectivity index (χ3n) is 7.89. The number of nitrogens with two attached hydrogens (primary N) is 1. The van der Waals surface area contributed by atoms with E-state index in [9.17, 15) is 9.59 Å². The number of pyridine rings is 1. The Morgan fingerprint density at radius 3 is 2.52 bits per heavy atom. The largest absolute Gasteiger partial charge is 0.366 e. The van der Waals surface area contributed by atoms with Crippen LogP contribution in [0.4, 0.5) is 0 Å². The number of amides is 2. The molecule has 7 nitrogen and oxygen atoms in total. The molecule has 224 valence electrons. The summed E-state index contributed by atoms with van der Waals surface area (Å²) in [5.74, 6) is -0.387. The molecule has 1 aliphatic rings. The molecule has 0 aliphatic heterocycles. The van der Waals surface area contributed by atoms with E-state index in [-0.39, 0.29) is 11.8 Å². The predicted molar refractivity (Wildman–Crippen MR) is 181 cm³/mol. The van der Waals surface area contributed by atoms with Gasteiger partial charge in [0.2, 0.25) is 0 Å². The number of fused-ring (bicyclic) bond motifs is 3. The van der Waals surface area contributed by atoms with Gasteiger partial charge in [0.05, 0.1) is 31.9 Å². The van der Waals surface area contributed by atoms with E-state index in [0.717, 1.165) is 37.3 Å². The van der Waals surface area contributed by atoms with Crippen LogP contribution < -0.4 is 11.1 Å². The first kappa shape index (κ1) is 29.7. The summed E-state index contributed by atoms with van der Waals surface area (Å²) in [6, 6.07) is 20.6. The van der Waals surface area contributed by atoms with Crippen molar-refractivity contribution in [1.82, 2.24) is 19.9 Å². The van der Waals surface area contributed by atoms with E-state index < -0.39 is 5.91 Å². The number of carbonyl (C=O) groups excluding carboxylic acids is 2. The summed E-state index contributed by atoms with van der Waals surface area (Å²) in [4.78, 5) is 35.7. The van der Waals surface area contributed by atoms with Gasteiger partial charge in [-0.3, -0.25) is 9.59 Å². The first-order chi connectivity index (χ1) is 21.3. The van der Waals surface area contributed by atoms with Crippen molar-refractivity contribution in [1.29, 1.82) is 0 Å². The van der Waals surface area contributed by atoms with Gasteiger partial charge in [-0.1, -0.05) is 44.2 Å². The number of nitrogens with one attached hydrogen (secondary N) is 1. The van der Waals surface area contributed by atoms with Gasteiger partial charge >= 0.3 is 0 Å². The standard InChI is InChI=1S/C26H25N5O2S2.C9H10/c1-14(2)10-18-23(24(27)32)22(19-6-7-20(35-19)26(33)28-3)16-8-9-31(25(16)30-18)12-15-4-5-17-21(11-15)34-13-29-17;1-2-5-9-7-3-6-8(9)4-1/h4-9,11,13-14H,10,12H2,1-3H3,(H2,27,32)(H,28,33);1-2,4-5H,3,6-7H2. The number of hydrogen-bond acceptors (Lipinski definition) is 6. The molecule has 6 aromatic rings. The summed E-state index contributed by atoms with van der Waals surface area (Å²) in [7, 11) is 1.60. The van der Waals surface area contributed by atoms with E-state index in [4.69, 9.17) is 10.7 Å². The number of aromatic nitrogens is 3. The fourth-order valence-corrected chi connectivity index (χ4v) is 7.62. The van der Waals surface area contributed by atoms with Gasteiger partial charge in [-0.05, 0) is 78.6 Å². The summed E-state index contributed by atoms with van der Waals surface area (Å²) in [5, 5.41) is 3.50. The third-order valence-corrected chi connectivity index (χ3v) is 9.79. The average molecular weight is 622 g/mol. The van der Waals surface area contributed by atoms with Gasteiger partial charge in [-0.15, -0.1) is 22.7 Å². The zero-order valence-electron chi connectivity index (χ0n) is 25.1. The highest BCUT2D eigenvalue weighted by molar-refractivity contribution is 7.17. The van der Waals surface area contributed by atoms with E-state index in [0.29, 0.717) is 29.1 Å². The van der Waals surface area contributed by atoms with Crippen LogP contribution in [0.3, 0.4) is 0 Å². The topological polar surface area (TPSA) is 103 Å². The highest BCUT2D eigenvalue weighted by Crippen LogP contribution is 2.38. The van der Waals surface area contributed by atoms with Gasteiger partial charge in [-0.2, -0.15) is 0 Å². The van der Waals surface area contributed by atoms with Crippen molar-refractivity contribution in [3.63, 3.8) is 0 Å². The zero-order chi connectivity index (χ0) is 30.8. The molecule has 0 fully saturated rings. The molecule has 7 rings (SSSR count). The highest BCUT2D eigenvalue weighted by Gasteiger charge is 2.24. The van der Waals surface area contributed by atoms with Gasteiger partial charge < -0.3 is 15.6 Å². The minimum Gasteiger partial charge on any atom is -0.366 e. The molecule has 2 amide bonds. The smallest absolute Gasteiger partial charge is 0.261 e. The fraction of sp³-hybridized carbons (Fsp3) is 0.257. The summed E-state index contributed by atoms with van der Waals surface area (Å²) in [6.45, 7) is 4.82. The second-order valence-electron chi connectivity index (χ2n) is 11.5. The van der Waals surface area contributed by atoms with Gasteiger partial charge in [-0.25, -0.2) is 9.97 Å². The summed E-state index contributed by atoms with van der Waals surface area (Å²) in [6.07, 6.45) is 6.58. The summed E-state index contributed by atoms with van der Waals surface area (Å²) in [5.41, 5.74) is 15.7. The van der Waals surface area contributed by atoms with Crippen molar-refractivity contribution in [2.24, 2.45) is 11.7 Å². The van der Waals surface area contributed by atoms with Crippen molar-refractivity contribution in [2.75, 3.05) is 7.05 Å². The lowest BCUT2D eigenvalue weighted by molar-refractivity contribution is 0.0965. The second-order valence-corrected chi connectivity index (χ2v) is 13.4. The Kier molecular flexibility index (Phi) is 8.59. The number of hydrogen-bond donors (Lipinski definition) is 2. The molecule has 0 bridgehead atoms. The van der Waals surface area contributed by atoms with E-state index in [1.165, 1.54) is 30.6 Å². The number of benzene rings is 2. The van der Waals surface area contributed by atoms with Gasteiger partial charge in [0.1, 0.15) is 5.65 Å². The normalized spacial score (nSPS) is 12.4. The van der Waals surface area contributed by atoms with Crippen molar-refractivity contribution in [3.05, 3.63) is 105 Å². The molecule has 0 unspecified atom stereocenters. The molecule has 0 radical (unpaired) electrons. The SMILES string of the molecule is CNC(=O)c1ccc(-c2c(C(N)=O)c(CC(C)C)nc3c2ccn3Cc2ccc3ncsc3c2)s1.c1ccc2c(c1)CCC2. The minimum atomic E-state index is -0.511. The Hall–Kier alpha value is -4.34. The van der Waals surface area contributed by atoms with Crippen molar-refractivity contribution >= 4 is 55.7 Å². The number of rotatable bonds is 7. The molecule has 0 saturated carbocycles. The molecule has 4 heterocycles. The van der Waals surface area contributed by atoms with E-state index in [1.54, 1.807) is 35.6 Å². The first-order valence-electron chi connectivity index (χ1n) is 14.8. The molecule has 2 aromatic carbocycles. The lowest BCUT2D eigenvalue weighted by Gasteiger charge is -2.15. The van der Waals surface area contributed by atoms with Crippen LogP contribution in [-0.4, -0.2) is 33.4 Å². The fourth-order valence-electron chi connectivity index (χ4n) is 5.86. The maximum atomic E-state index is 12.7. The lowest BCUT2D eigenvalue weighted by Crippen LogP contribution is -2.18. The first-order valence-corrected chi connectivity index (χ1v) is 16.5. The molecular formula is C35H35N5O2S2. The van der Waals surface area contributed by atoms with E-state index >= 15 is 0 Å². The average Bonchev–Trinajstić information content (AvgIpc) is 3.83. The summed E-state index contributed by atoms with van der Waals surface area (Å²) < 4.78 is 3.24. The van der Waals surface area contributed by atoms with Gasteiger partial charge in [0.25, 0.3) is 11.8 Å². The third kappa shape index (κ3) is 6.02. The molecule has 0 saturated heterocycles. The number of nitrogens with zero attached hydrogens (tertiary/aromatic N) is 3. The Morgan fingerprint density at radius 1 is 1.05 bits per heavy atom. The number of carbonyl (C=O) groups is 2. The maximum Gasteiger partial charge on any atom is 0.261 e. The molecule has 0 atom stereocenters. The number of primary amides is 1. The van der Waals surface area contributed by atoms with Gasteiger partial charge in [0.15, 0.2) is 0 Å². The minimum absolute atomic E-state index is 0.161. The van der Waals surface area contributed by atoms with Crippen molar-refractivity contribution in [2.45, 2.75) is 46.1 Å². The van der Waals surface area contributed by atoms with Crippen LogP contribution in [0.15, 0.2) is 72.4 Å². The zero-order valence-corrected chi connectivity index (χ0v) is 26.7. The van der Waals surface area contributed by atoms with Crippen LogP contribution in [-0.2, 0) is 25.8 Å². The highest BCUT2D eigenvalue weighted by atomic mass is 32.1. The Balaban J connectivity index is 0.000000323. The molecule has 3 N–H and O–H groups in total. The quantitative estimate of drug-likeness (QED) is 0.196. The molecule has 0 spiro atoms. The second kappa shape index (κ2) is 12.7. The van der Waals surface area contributed by atoms with Crippen molar-refractivity contribution < 1.29 is 9.59 Å². The molecule has 1 aliphatic carbocycles. The Bertz CT molecular complexity index is 1960. The number of thiophene rings is 1. The van der Waals surface area contributed by atoms with Crippen LogP contribution in [0.25, 0.3) is 31.7 Å². The van der Waals surface area contributed by atoms with E-state index in [2.05, 4.69) is 65.1 Å². The molecular weight excluding hydrogens is 587 g/mol. The van der Waals surface area contributed by atoms with Crippen LogP contribution in [0.2, 0.25) is 0 Å². The van der Waals surface area contributed by atoms with Crippen molar-refractivity contribution in [3.8, 4) is 10.4 Å². The summed E-state index contributed by atoms with van der Waals surface area (Å²) >= 11 is 2.97. The van der Waals surface area contributed by atoms with Crippen LogP contribution in [0.5, 0.6) is 0 Å².